The highest BCUT2D eigenvalue weighted by molar-refractivity contribution is 9.10. The largest absolute Gasteiger partial charge is 0.496 e. The first-order valence-electron chi connectivity index (χ1n) is 6.47. The molecule has 0 heterocycles. The number of rotatable bonds is 6. The van der Waals surface area contributed by atoms with Gasteiger partial charge in [-0.05, 0) is 42.0 Å². The lowest BCUT2D eigenvalue weighted by Crippen LogP contribution is -2.14. The van der Waals surface area contributed by atoms with E-state index in [4.69, 9.17) is 4.74 Å². The molecule has 2 nitrogen and oxygen atoms in total. The van der Waals surface area contributed by atoms with Gasteiger partial charge in [-0.1, -0.05) is 37.9 Å². The maximum atomic E-state index is 10.2. The third kappa shape index (κ3) is 5.33. The van der Waals surface area contributed by atoms with Crippen LogP contribution in [0.2, 0.25) is 0 Å². The van der Waals surface area contributed by atoms with Gasteiger partial charge in [0.2, 0.25) is 0 Å². The van der Waals surface area contributed by atoms with Gasteiger partial charge in [0, 0.05) is 26.0 Å². The van der Waals surface area contributed by atoms with Crippen LogP contribution in [0, 0.1) is 0 Å². The van der Waals surface area contributed by atoms with E-state index >= 15 is 0 Å². The van der Waals surface area contributed by atoms with E-state index in [1.807, 2.05) is 36.4 Å². The van der Waals surface area contributed by atoms with Crippen LogP contribution >= 0.6 is 43.6 Å². The van der Waals surface area contributed by atoms with Crippen LogP contribution in [0.5, 0.6) is 5.75 Å². The molecule has 2 aromatic rings. The standard InChI is InChI=1S/C16H16Br2O2S/c1-20-16-6-5-13(18)7-11(16)8-14(19)10-21-15-4-2-3-12(17)9-15/h2-7,9,14,19H,8,10H2,1H3. The van der Waals surface area contributed by atoms with Crippen molar-refractivity contribution in [1.82, 2.24) is 0 Å². The van der Waals surface area contributed by atoms with E-state index < -0.39 is 6.10 Å². The van der Waals surface area contributed by atoms with Gasteiger partial charge in [-0.3, -0.25) is 0 Å². The number of thioether (sulfide) groups is 1. The SMILES string of the molecule is COc1ccc(Br)cc1CC(O)CSc1cccc(Br)c1. The summed E-state index contributed by atoms with van der Waals surface area (Å²) in [5.74, 6) is 1.45. The number of hydrogen-bond acceptors (Lipinski definition) is 3. The maximum Gasteiger partial charge on any atom is 0.122 e. The fourth-order valence-electron chi connectivity index (χ4n) is 1.97. The molecule has 0 saturated heterocycles. The summed E-state index contributed by atoms with van der Waals surface area (Å²) in [6.45, 7) is 0. The summed E-state index contributed by atoms with van der Waals surface area (Å²) in [5.41, 5.74) is 1.01. The first-order chi connectivity index (χ1) is 10.1. The lowest BCUT2D eigenvalue weighted by molar-refractivity contribution is 0.198. The van der Waals surface area contributed by atoms with Crippen molar-refractivity contribution in [1.29, 1.82) is 0 Å². The van der Waals surface area contributed by atoms with Crippen LogP contribution in [0.4, 0.5) is 0 Å². The van der Waals surface area contributed by atoms with Crippen LogP contribution in [0.3, 0.4) is 0 Å². The quantitative estimate of drug-likeness (QED) is 0.658. The van der Waals surface area contributed by atoms with E-state index in [-0.39, 0.29) is 0 Å². The Kier molecular flexibility index (Phi) is 6.61. The topological polar surface area (TPSA) is 29.5 Å². The van der Waals surface area contributed by atoms with Gasteiger partial charge in [0.1, 0.15) is 5.75 Å². The monoisotopic (exact) mass is 430 g/mol. The Bertz CT molecular complexity index is 605. The highest BCUT2D eigenvalue weighted by atomic mass is 79.9. The van der Waals surface area contributed by atoms with Gasteiger partial charge in [0.15, 0.2) is 0 Å². The molecule has 1 unspecified atom stereocenters. The summed E-state index contributed by atoms with van der Waals surface area (Å²) < 4.78 is 7.38. The van der Waals surface area contributed by atoms with Crippen molar-refractivity contribution in [2.24, 2.45) is 0 Å². The van der Waals surface area contributed by atoms with Crippen molar-refractivity contribution < 1.29 is 9.84 Å². The number of benzene rings is 2. The molecule has 0 amide bonds. The number of ether oxygens (including phenoxy) is 1. The molecule has 1 atom stereocenters. The van der Waals surface area contributed by atoms with Crippen molar-refractivity contribution in [2.45, 2.75) is 17.4 Å². The fourth-order valence-corrected chi connectivity index (χ4v) is 3.82. The second kappa shape index (κ2) is 8.22. The van der Waals surface area contributed by atoms with Crippen LogP contribution in [0.25, 0.3) is 0 Å². The number of hydrogen-bond donors (Lipinski definition) is 1. The van der Waals surface area contributed by atoms with E-state index in [9.17, 15) is 5.11 Å². The molecule has 2 aromatic carbocycles. The average molecular weight is 432 g/mol. The van der Waals surface area contributed by atoms with Crippen LogP contribution in [-0.4, -0.2) is 24.1 Å². The maximum absolute atomic E-state index is 10.2. The zero-order valence-corrected chi connectivity index (χ0v) is 15.5. The number of aliphatic hydroxyl groups is 1. The van der Waals surface area contributed by atoms with Gasteiger partial charge in [-0.2, -0.15) is 0 Å². The molecule has 0 spiro atoms. The molecule has 2 rings (SSSR count). The minimum absolute atomic E-state index is 0.419. The van der Waals surface area contributed by atoms with Gasteiger partial charge in [0.05, 0.1) is 13.2 Å². The zero-order valence-electron chi connectivity index (χ0n) is 11.6. The Labute approximate surface area is 146 Å². The highest BCUT2D eigenvalue weighted by Gasteiger charge is 2.11. The molecule has 0 radical (unpaired) electrons. The van der Waals surface area contributed by atoms with Crippen molar-refractivity contribution in [3.05, 3.63) is 57.0 Å². The first kappa shape index (κ1) is 16.9. The molecule has 0 saturated carbocycles. The first-order valence-corrected chi connectivity index (χ1v) is 9.04. The molecule has 0 aliphatic rings. The zero-order chi connectivity index (χ0) is 15.2. The van der Waals surface area contributed by atoms with Gasteiger partial charge in [-0.25, -0.2) is 0 Å². The number of halogens is 2. The minimum atomic E-state index is -0.419. The van der Waals surface area contributed by atoms with Crippen molar-refractivity contribution in [2.75, 3.05) is 12.9 Å². The molecule has 1 N–H and O–H groups in total. The van der Waals surface area contributed by atoms with E-state index in [1.165, 1.54) is 0 Å². The smallest absolute Gasteiger partial charge is 0.122 e. The molecule has 0 aliphatic heterocycles. The molecular formula is C16H16Br2O2S. The molecule has 112 valence electrons. The Balaban J connectivity index is 1.95. The van der Waals surface area contributed by atoms with Gasteiger partial charge >= 0.3 is 0 Å². The summed E-state index contributed by atoms with van der Waals surface area (Å²) in [5, 5.41) is 10.2. The predicted octanol–water partition coefficient (Wildman–Crippen LogP) is 4.92. The second-order valence-corrected chi connectivity index (χ2v) is 7.51. The number of methoxy groups -OCH3 is 1. The third-order valence-corrected chi connectivity index (χ3v) is 5.06. The van der Waals surface area contributed by atoms with E-state index in [2.05, 4.69) is 37.9 Å². The van der Waals surface area contributed by atoms with Crippen molar-refractivity contribution in [3.8, 4) is 5.75 Å². The second-order valence-electron chi connectivity index (χ2n) is 4.58. The van der Waals surface area contributed by atoms with Crippen molar-refractivity contribution >= 4 is 43.6 Å². The Hall–Kier alpha value is -0.490. The Morgan fingerprint density at radius 2 is 1.90 bits per heavy atom. The lowest BCUT2D eigenvalue weighted by Gasteiger charge is -2.14. The van der Waals surface area contributed by atoms with E-state index in [0.29, 0.717) is 12.2 Å². The summed E-state index contributed by atoms with van der Waals surface area (Å²) >= 11 is 8.55. The third-order valence-electron chi connectivity index (χ3n) is 2.94. The van der Waals surface area contributed by atoms with Gasteiger partial charge in [0.25, 0.3) is 0 Å². The molecule has 0 aliphatic carbocycles. The molecular weight excluding hydrogens is 416 g/mol. The average Bonchev–Trinajstić information content (AvgIpc) is 2.45. The Morgan fingerprint density at radius 3 is 2.62 bits per heavy atom. The fraction of sp³-hybridized carbons (Fsp3) is 0.250. The predicted molar refractivity (Wildman–Crippen MR) is 95.3 cm³/mol. The lowest BCUT2D eigenvalue weighted by atomic mass is 10.1. The van der Waals surface area contributed by atoms with Gasteiger partial charge < -0.3 is 9.84 Å². The van der Waals surface area contributed by atoms with Crippen LogP contribution < -0.4 is 4.74 Å². The Morgan fingerprint density at radius 1 is 1.14 bits per heavy atom. The summed E-state index contributed by atoms with van der Waals surface area (Å²) in [6, 6.07) is 13.9. The van der Waals surface area contributed by atoms with Crippen molar-refractivity contribution in [3.63, 3.8) is 0 Å². The molecule has 0 fully saturated rings. The molecule has 0 aromatic heterocycles. The summed E-state index contributed by atoms with van der Waals surface area (Å²) in [6.07, 6.45) is 0.154. The van der Waals surface area contributed by atoms with Gasteiger partial charge in [-0.15, -0.1) is 11.8 Å². The van der Waals surface area contributed by atoms with Crippen LogP contribution in [0.15, 0.2) is 56.3 Å². The molecule has 21 heavy (non-hydrogen) atoms. The molecule has 5 heteroatoms. The normalized spacial score (nSPS) is 12.2. The van der Waals surface area contributed by atoms with Crippen LogP contribution in [-0.2, 0) is 6.42 Å². The van der Waals surface area contributed by atoms with E-state index in [0.717, 1.165) is 25.2 Å². The highest BCUT2D eigenvalue weighted by Crippen LogP contribution is 2.27. The summed E-state index contributed by atoms with van der Waals surface area (Å²) in [7, 11) is 1.65. The number of aliphatic hydroxyl groups excluding tert-OH is 1. The van der Waals surface area contributed by atoms with Crippen LogP contribution in [0.1, 0.15) is 5.56 Å². The minimum Gasteiger partial charge on any atom is -0.496 e. The summed E-state index contributed by atoms with van der Waals surface area (Å²) in [4.78, 5) is 1.14. The van der Waals surface area contributed by atoms with E-state index in [1.54, 1.807) is 18.9 Å². The molecule has 0 bridgehead atoms.